The van der Waals surface area contributed by atoms with Crippen LogP contribution in [-0.4, -0.2) is 24.1 Å². The first-order valence-electron chi connectivity index (χ1n) is 7.90. The Hall–Kier alpha value is -2.49. The van der Waals surface area contributed by atoms with Gasteiger partial charge in [-0.05, 0) is 31.0 Å². The molecule has 0 fully saturated rings. The molecule has 0 saturated heterocycles. The lowest BCUT2D eigenvalue weighted by Crippen LogP contribution is -2.40. The molecule has 4 heteroatoms. The minimum absolute atomic E-state index is 0.118. The van der Waals surface area contributed by atoms with Crippen LogP contribution in [0.2, 0.25) is 0 Å². The van der Waals surface area contributed by atoms with E-state index in [2.05, 4.69) is 19.2 Å². The quantitative estimate of drug-likeness (QED) is 0.851. The summed E-state index contributed by atoms with van der Waals surface area (Å²) in [4.78, 5) is 14.6. The Morgan fingerprint density at radius 3 is 2.43 bits per heavy atom. The van der Waals surface area contributed by atoms with Crippen LogP contribution in [0.25, 0.3) is 0 Å². The number of para-hydroxylation sites is 2. The summed E-state index contributed by atoms with van der Waals surface area (Å²) in [6.45, 7) is 4.72. The van der Waals surface area contributed by atoms with Crippen LogP contribution in [0.3, 0.4) is 0 Å². The fourth-order valence-electron chi connectivity index (χ4n) is 2.36. The molecule has 0 aromatic heterocycles. The highest BCUT2D eigenvalue weighted by molar-refractivity contribution is 5.91. The molecule has 0 heterocycles. The second kappa shape index (κ2) is 8.22. The number of nitrogens with zero attached hydrogens (tertiary/aromatic N) is 1. The lowest BCUT2D eigenvalue weighted by Gasteiger charge is -2.29. The Balaban J connectivity index is 2.16. The van der Waals surface area contributed by atoms with E-state index >= 15 is 0 Å². The number of hydrogen-bond acceptors (Lipinski definition) is 2. The van der Waals surface area contributed by atoms with E-state index in [4.69, 9.17) is 4.74 Å². The van der Waals surface area contributed by atoms with Gasteiger partial charge in [-0.25, -0.2) is 4.79 Å². The maximum atomic E-state index is 12.7. The maximum absolute atomic E-state index is 12.7. The van der Waals surface area contributed by atoms with Crippen molar-refractivity contribution >= 4 is 11.7 Å². The molecule has 2 aromatic rings. The normalized spacial score (nSPS) is 11.6. The molecule has 2 rings (SSSR count). The van der Waals surface area contributed by atoms with Crippen LogP contribution < -0.4 is 10.1 Å². The average Bonchev–Trinajstić information content (AvgIpc) is 2.60. The van der Waals surface area contributed by atoms with Gasteiger partial charge in [0.15, 0.2) is 0 Å². The molecule has 0 bridgehead atoms. The van der Waals surface area contributed by atoms with Gasteiger partial charge in [0, 0.05) is 12.6 Å². The number of carbonyl (C=O) groups is 1. The fourth-order valence-corrected chi connectivity index (χ4v) is 2.36. The van der Waals surface area contributed by atoms with Crippen molar-refractivity contribution in [3.63, 3.8) is 0 Å². The number of anilines is 1. The van der Waals surface area contributed by atoms with Gasteiger partial charge in [0.1, 0.15) is 5.75 Å². The third-order valence-electron chi connectivity index (χ3n) is 3.93. The number of rotatable bonds is 6. The number of benzene rings is 2. The summed E-state index contributed by atoms with van der Waals surface area (Å²) < 4.78 is 5.30. The fraction of sp³-hybridized carbons (Fsp3) is 0.316. The molecule has 1 N–H and O–H groups in total. The second-order valence-corrected chi connectivity index (χ2v) is 5.50. The summed E-state index contributed by atoms with van der Waals surface area (Å²) >= 11 is 0. The van der Waals surface area contributed by atoms with Crippen LogP contribution in [0, 0.1) is 0 Å². The number of nitrogens with one attached hydrogen (secondary N) is 1. The predicted octanol–water partition coefficient (Wildman–Crippen LogP) is 4.53. The summed E-state index contributed by atoms with van der Waals surface area (Å²) in [5.41, 5.74) is 1.80. The third-order valence-corrected chi connectivity index (χ3v) is 3.93. The molecule has 0 radical (unpaired) electrons. The van der Waals surface area contributed by atoms with E-state index < -0.39 is 0 Å². The molecule has 2 amide bonds. The number of methoxy groups -OCH3 is 1. The molecular weight excluding hydrogens is 288 g/mol. The van der Waals surface area contributed by atoms with Gasteiger partial charge in [-0.15, -0.1) is 0 Å². The molecule has 1 atom stereocenters. The van der Waals surface area contributed by atoms with Crippen LogP contribution in [0.1, 0.15) is 25.8 Å². The second-order valence-electron chi connectivity index (χ2n) is 5.50. The van der Waals surface area contributed by atoms with Gasteiger partial charge in [0.2, 0.25) is 0 Å². The van der Waals surface area contributed by atoms with Gasteiger partial charge in [0.25, 0.3) is 0 Å². The van der Waals surface area contributed by atoms with Crippen LogP contribution in [0.5, 0.6) is 5.75 Å². The molecular formula is C19H24N2O2. The largest absolute Gasteiger partial charge is 0.495 e. The standard InChI is InChI=1S/C19H24N2O2/c1-4-15(2)21(14-16-10-6-5-7-11-16)19(22)20-17-12-8-9-13-18(17)23-3/h5-13,15H,4,14H2,1-3H3,(H,20,22). The third kappa shape index (κ3) is 4.49. The maximum Gasteiger partial charge on any atom is 0.322 e. The van der Waals surface area contributed by atoms with Gasteiger partial charge in [0.05, 0.1) is 12.8 Å². The van der Waals surface area contributed by atoms with E-state index in [-0.39, 0.29) is 12.1 Å². The molecule has 0 aliphatic heterocycles. The molecule has 0 spiro atoms. The first-order chi connectivity index (χ1) is 11.2. The van der Waals surface area contributed by atoms with Gasteiger partial charge >= 0.3 is 6.03 Å². The van der Waals surface area contributed by atoms with E-state index in [1.807, 2.05) is 59.5 Å². The topological polar surface area (TPSA) is 41.6 Å². The molecule has 23 heavy (non-hydrogen) atoms. The smallest absolute Gasteiger partial charge is 0.322 e. The van der Waals surface area contributed by atoms with Crippen LogP contribution in [0.15, 0.2) is 54.6 Å². The molecule has 0 saturated carbocycles. The van der Waals surface area contributed by atoms with Crippen molar-refractivity contribution in [3.8, 4) is 5.75 Å². The predicted molar refractivity (Wildman–Crippen MR) is 93.8 cm³/mol. The van der Waals surface area contributed by atoms with E-state index in [1.165, 1.54) is 0 Å². The zero-order chi connectivity index (χ0) is 16.7. The molecule has 0 aliphatic rings. The monoisotopic (exact) mass is 312 g/mol. The van der Waals surface area contributed by atoms with Crippen molar-refractivity contribution in [2.75, 3.05) is 12.4 Å². The number of carbonyl (C=O) groups excluding carboxylic acids is 1. The Kier molecular flexibility index (Phi) is 6.03. The minimum Gasteiger partial charge on any atom is -0.495 e. The van der Waals surface area contributed by atoms with Crippen molar-refractivity contribution in [3.05, 3.63) is 60.2 Å². The van der Waals surface area contributed by atoms with E-state index in [1.54, 1.807) is 7.11 Å². The van der Waals surface area contributed by atoms with Gasteiger partial charge < -0.3 is 15.0 Å². The lowest BCUT2D eigenvalue weighted by atomic mass is 10.1. The SMILES string of the molecule is CCC(C)N(Cc1ccccc1)C(=O)Nc1ccccc1OC. The van der Waals surface area contributed by atoms with Crippen molar-refractivity contribution < 1.29 is 9.53 Å². The van der Waals surface area contributed by atoms with Gasteiger partial charge in [-0.3, -0.25) is 0 Å². The number of hydrogen-bond donors (Lipinski definition) is 1. The van der Waals surface area contributed by atoms with E-state index in [9.17, 15) is 4.79 Å². The molecule has 0 aliphatic carbocycles. The summed E-state index contributed by atoms with van der Waals surface area (Å²) in [5.74, 6) is 0.657. The number of amides is 2. The van der Waals surface area contributed by atoms with Crippen LogP contribution in [0.4, 0.5) is 10.5 Å². The Bertz CT molecular complexity index is 628. The first-order valence-corrected chi connectivity index (χ1v) is 7.90. The van der Waals surface area contributed by atoms with Crippen LogP contribution in [-0.2, 0) is 6.54 Å². The summed E-state index contributed by atoms with van der Waals surface area (Å²) in [6.07, 6.45) is 0.895. The zero-order valence-electron chi connectivity index (χ0n) is 14.0. The van der Waals surface area contributed by atoms with Crippen molar-refractivity contribution in [2.45, 2.75) is 32.9 Å². The Labute approximate surface area is 138 Å². The summed E-state index contributed by atoms with van der Waals surface area (Å²) in [7, 11) is 1.60. The highest BCUT2D eigenvalue weighted by atomic mass is 16.5. The highest BCUT2D eigenvalue weighted by Crippen LogP contribution is 2.24. The van der Waals surface area contributed by atoms with Crippen LogP contribution >= 0.6 is 0 Å². The molecule has 1 unspecified atom stereocenters. The number of ether oxygens (including phenoxy) is 1. The van der Waals surface area contributed by atoms with E-state index in [0.29, 0.717) is 18.0 Å². The van der Waals surface area contributed by atoms with E-state index in [0.717, 1.165) is 12.0 Å². The van der Waals surface area contributed by atoms with Gasteiger partial charge in [-0.2, -0.15) is 0 Å². The zero-order valence-corrected chi connectivity index (χ0v) is 14.0. The molecule has 4 nitrogen and oxygen atoms in total. The van der Waals surface area contributed by atoms with Crippen molar-refractivity contribution in [1.29, 1.82) is 0 Å². The first kappa shape index (κ1) is 16.9. The molecule has 122 valence electrons. The Morgan fingerprint density at radius 2 is 1.78 bits per heavy atom. The van der Waals surface area contributed by atoms with Gasteiger partial charge in [-0.1, -0.05) is 49.4 Å². The summed E-state index contributed by atoms with van der Waals surface area (Å²) in [6, 6.07) is 17.5. The highest BCUT2D eigenvalue weighted by Gasteiger charge is 2.20. The number of urea groups is 1. The minimum atomic E-state index is -0.118. The van der Waals surface area contributed by atoms with Crippen molar-refractivity contribution in [2.24, 2.45) is 0 Å². The Morgan fingerprint density at radius 1 is 1.13 bits per heavy atom. The lowest BCUT2D eigenvalue weighted by molar-refractivity contribution is 0.187. The van der Waals surface area contributed by atoms with Crippen molar-refractivity contribution in [1.82, 2.24) is 4.90 Å². The average molecular weight is 312 g/mol. The molecule has 2 aromatic carbocycles. The summed E-state index contributed by atoms with van der Waals surface area (Å²) in [5, 5.41) is 2.96.